The molecular formula is C11H17N7O. The minimum absolute atomic E-state index is 0.141. The lowest BCUT2D eigenvalue weighted by Crippen LogP contribution is -2.34. The van der Waals surface area contributed by atoms with Crippen LogP contribution in [-0.2, 0) is 0 Å². The van der Waals surface area contributed by atoms with E-state index in [2.05, 4.69) is 15.2 Å². The van der Waals surface area contributed by atoms with Crippen molar-refractivity contribution in [1.82, 2.24) is 19.6 Å². The topological polar surface area (TPSA) is 116 Å². The van der Waals surface area contributed by atoms with Crippen LogP contribution in [0.1, 0.15) is 20.3 Å². The lowest BCUT2D eigenvalue weighted by atomic mass is 10.2. The van der Waals surface area contributed by atoms with E-state index in [1.54, 1.807) is 6.07 Å². The highest BCUT2D eigenvalue weighted by molar-refractivity contribution is 5.77. The van der Waals surface area contributed by atoms with Gasteiger partial charge in [-0.1, -0.05) is 0 Å². The van der Waals surface area contributed by atoms with Crippen LogP contribution in [0.5, 0.6) is 0 Å². The lowest BCUT2D eigenvalue weighted by Gasteiger charge is -2.27. The predicted molar refractivity (Wildman–Crippen MR) is 72.6 cm³/mol. The van der Waals surface area contributed by atoms with Crippen molar-refractivity contribution in [3.63, 3.8) is 0 Å². The van der Waals surface area contributed by atoms with E-state index in [0.717, 1.165) is 0 Å². The van der Waals surface area contributed by atoms with E-state index in [-0.39, 0.29) is 17.6 Å². The molecule has 0 fully saturated rings. The number of hydrogen-bond acceptors (Lipinski definition) is 5. The first-order chi connectivity index (χ1) is 8.99. The summed E-state index contributed by atoms with van der Waals surface area (Å²) in [6.45, 7) is 4.66. The molecule has 0 spiro atoms. The fraction of sp³-hybridized carbons (Fsp3) is 0.455. The average Bonchev–Trinajstić information content (AvgIpc) is 2.70. The highest BCUT2D eigenvalue weighted by Crippen LogP contribution is 2.15. The third-order valence-corrected chi connectivity index (χ3v) is 2.84. The summed E-state index contributed by atoms with van der Waals surface area (Å²) in [4.78, 5) is 17.6. The van der Waals surface area contributed by atoms with Gasteiger partial charge in [-0.05, 0) is 13.8 Å². The molecule has 0 amide bonds. The first-order valence-corrected chi connectivity index (χ1v) is 6.01. The van der Waals surface area contributed by atoms with Gasteiger partial charge in [0.05, 0.1) is 5.84 Å². The zero-order chi connectivity index (χ0) is 14.0. The highest BCUT2D eigenvalue weighted by atomic mass is 16.1. The Bertz CT molecular complexity index is 642. The molecule has 2 heterocycles. The van der Waals surface area contributed by atoms with Crippen molar-refractivity contribution in [1.29, 1.82) is 5.41 Å². The molecule has 0 aromatic carbocycles. The molecule has 0 aliphatic heterocycles. The highest BCUT2D eigenvalue weighted by Gasteiger charge is 2.13. The maximum absolute atomic E-state index is 11.4. The molecule has 2 aromatic heterocycles. The Hall–Kier alpha value is -2.38. The number of aromatic nitrogens is 4. The fourth-order valence-electron chi connectivity index (χ4n) is 1.84. The van der Waals surface area contributed by atoms with E-state index in [1.165, 1.54) is 10.7 Å². The zero-order valence-corrected chi connectivity index (χ0v) is 10.9. The fourth-order valence-corrected chi connectivity index (χ4v) is 1.84. The summed E-state index contributed by atoms with van der Waals surface area (Å²) in [5, 5.41) is 13.6. The molecular weight excluding hydrogens is 246 g/mol. The number of nitrogens with one attached hydrogen (secondary N) is 2. The molecule has 19 heavy (non-hydrogen) atoms. The summed E-state index contributed by atoms with van der Waals surface area (Å²) < 4.78 is 1.34. The van der Waals surface area contributed by atoms with Gasteiger partial charge in [-0.25, -0.2) is 19.3 Å². The molecule has 2 aromatic rings. The van der Waals surface area contributed by atoms with E-state index < -0.39 is 0 Å². The number of nitrogens with zero attached hydrogens (tertiary/aromatic N) is 4. The maximum Gasteiger partial charge on any atom is 0.348 e. The van der Waals surface area contributed by atoms with Crippen molar-refractivity contribution in [2.45, 2.75) is 26.3 Å². The lowest BCUT2D eigenvalue weighted by molar-refractivity contribution is 0.677. The normalized spacial score (nSPS) is 11.1. The second-order valence-corrected chi connectivity index (χ2v) is 4.57. The minimum Gasteiger partial charge on any atom is -0.388 e. The first kappa shape index (κ1) is 13.1. The van der Waals surface area contributed by atoms with E-state index in [4.69, 9.17) is 11.1 Å². The second kappa shape index (κ2) is 5.09. The number of nitrogens with two attached hydrogens (primary N) is 1. The van der Waals surface area contributed by atoms with Crippen molar-refractivity contribution in [2.75, 3.05) is 11.4 Å². The second-order valence-electron chi connectivity index (χ2n) is 4.57. The van der Waals surface area contributed by atoms with Gasteiger partial charge in [0.1, 0.15) is 12.1 Å². The Labute approximate surface area is 109 Å². The standard InChI is InChI=1S/C11H17N7O/c1-7(2)17(4-3-8(12)13)9-5-10-15-16-11(19)18(10)6-14-9/h5-7H,3-4H2,1-2H3,(H3,12,13)(H,16,19). The molecule has 0 atom stereocenters. The van der Waals surface area contributed by atoms with Gasteiger partial charge in [0.15, 0.2) is 5.65 Å². The summed E-state index contributed by atoms with van der Waals surface area (Å²) in [6.07, 6.45) is 1.91. The van der Waals surface area contributed by atoms with Crippen LogP contribution >= 0.6 is 0 Å². The third kappa shape index (κ3) is 2.72. The van der Waals surface area contributed by atoms with E-state index in [9.17, 15) is 4.79 Å². The van der Waals surface area contributed by atoms with Gasteiger partial charge < -0.3 is 10.6 Å². The Morgan fingerprint density at radius 2 is 2.37 bits per heavy atom. The van der Waals surface area contributed by atoms with Crippen LogP contribution in [0, 0.1) is 5.41 Å². The molecule has 0 bridgehead atoms. The Balaban J connectivity index is 2.33. The van der Waals surface area contributed by atoms with Crippen LogP contribution < -0.4 is 16.3 Å². The quantitative estimate of drug-likeness (QED) is 0.517. The Kier molecular flexibility index (Phi) is 3.50. The van der Waals surface area contributed by atoms with Crippen LogP contribution in [0.25, 0.3) is 5.65 Å². The summed E-state index contributed by atoms with van der Waals surface area (Å²) in [6, 6.07) is 1.94. The summed E-state index contributed by atoms with van der Waals surface area (Å²) in [7, 11) is 0. The summed E-state index contributed by atoms with van der Waals surface area (Å²) >= 11 is 0. The number of amidine groups is 1. The Morgan fingerprint density at radius 3 is 3.00 bits per heavy atom. The van der Waals surface area contributed by atoms with Crippen molar-refractivity contribution in [3.8, 4) is 0 Å². The molecule has 102 valence electrons. The van der Waals surface area contributed by atoms with Gasteiger partial charge in [-0.15, -0.1) is 0 Å². The molecule has 0 aliphatic carbocycles. The van der Waals surface area contributed by atoms with E-state index in [1.807, 2.05) is 18.7 Å². The monoisotopic (exact) mass is 263 g/mol. The molecule has 0 aliphatic rings. The molecule has 2 rings (SSSR count). The minimum atomic E-state index is -0.311. The smallest absolute Gasteiger partial charge is 0.348 e. The van der Waals surface area contributed by atoms with Crippen LogP contribution in [0.4, 0.5) is 5.82 Å². The van der Waals surface area contributed by atoms with Gasteiger partial charge in [-0.3, -0.25) is 5.41 Å². The van der Waals surface area contributed by atoms with Gasteiger partial charge in [0, 0.05) is 25.1 Å². The van der Waals surface area contributed by atoms with Gasteiger partial charge in [0.2, 0.25) is 0 Å². The van der Waals surface area contributed by atoms with Crippen molar-refractivity contribution >= 4 is 17.3 Å². The van der Waals surface area contributed by atoms with Crippen LogP contribution in [0.3, 0.4) is 0 Å². The van der Waals surface area contributed by atoms with Crippen molar-refractivity contribution in [2.24, 2.45) is 5.73 Å². The molecule has 8 nitrogen and oxygen atoms in total. The number of H-pyrrole nitrogens is 1. The van der Waals surface area contributed by atoms with Gasteiger partial charge >= 0.3 is 5.69 Å². The van der Waals surface area contributed by atoms with E-state index in [0.29, 0.717) is 24.4 Å². The zero-order valence-electron chi connectivity index (χ0n) is 10.9. The van der Waals surface area contributed by atoms with Crippen molar-refractivity contribution < 1.29 is 0 Å². The maximum atomic E-state index is 11.4. The Morgan fingerprint density at radius 1 is 1.63 bits per heavy atom. The largest absolute Gasteiger partial charge is 0.388 e. The third-order valence-electron chi connectivity index (χ3n) is 2.84. The molecule has 0 saturated carbocycles. The average molecular weight is 263 g/mol. The molecule has 4 N–H and O–H groups in total. The van der Waals surface area contributed by atoms with Crippen LogP contribution in [0.15, 0.2) is 17.2 Å². The summed E-state index contributed by atoms with van der Waals surface area (Å²) in [5.74, 6) is 0.852. The van der Waals surface area contributed by atoms with Crippen LogP contribution in [0.2, 0.25) is 0 Å². The van der Waals surface area contributed by atoms with Crippen LogP contribution in [-0.4, -0.2) is 38.0 Å². The molecule has 0 saturated heterocycles. The number of aromatic amines is 1. The van der Waals surface area contributed by atoms with Crippen molar-refractivity contribution in [3.05, 3.63) is 22.9 Å². The van der Waals surface area contributed by atoms with Gasteiger partial charge in [0.25, 0.3) is 0 Å². The number of fused-ring (bicyclic) bond motifs is 1. The van der Waals surface area contributed by atoms with Gasteiger partial charge in [-0.2, -0.15) is 5.10 Å². The summed E-state index contributed by atoms with van der Waals surface area (Å²) in [5.41, 5.74) is 5.59. The molecule has 8 heteroatoms. The SMILES string of the molecule is CC(C)N(CCC(=N)N)c1cc2n[nH]c(=O)n2cn1. The first-order valence-electron chi connectivity index (χ1n) is 6.01. The van der Waals surface area contributed by atoms with E-state index >= 15 is 0 Å². The molecule has 0 radical (unpaired) electrons. The number of hydrogen-bond donors (Lipinski definition) is 3. The number of anilines is 1. The predicted octanol–water partition coefficient (Wildman–Crippen LogP) is -0.0415. The number of rotatable bonds is 5. The molecule has 0 unspecified atom stereocenters.